The predicted molar refractivity (Wildman–Crippen MR) is 84.7 cm³/mol. The molecule has 21 heavy (non-hydrogen) atoms. The highest BCUT2D eigenvalue weighted by atomic mass is 35.5. The van der Waals surface area contributed by atoms with Crippen LogP contribution < -0.4 is 10.1 Å². The van der Waals surface area contributed by atoms with E-state index in [1.807, 2.05) is 12.1 Å². The van der Waals surface area contributed by atoms with E-state index in [-0.39, 0.29) is 11.4 Å². The first kappa shape index (κ1) is 16.1. The Balaban J connectivity index is 2.16. The standard InChI is InChI=1S/C16H23ClN2O2/c1-16(2,3)18-10-11-6-5-7-12(17)14(11)21-13-8-9-19(4)15(13)20/h5-7,13,18H,8-10H2,1-4H3. The summed E-state index contributed by atoms with van der Waals surface area (Å²) in [5.41, 5.74) is 0.975. The lowest BCUT2D eigenvalue weighted by Crippen LogP contribution is -2.35. The minimum absolute atomic E-state index is 0.00296. The summed E-state index contributed by atoms with van der Waals surface area (Å²) in [4.78, 5) is 13.7. The Hall–Kier alpha value is -1.26. The first-order chi connectivity index (χ1) is 9.78. The number of para-hydroxylation sites is 1. The lowest BCUT2D eigenvalue weighted by atomic mass is 10.1. The van der Waals surface area contributed by atoms with E-state index in [1.165, 1.54) is 0 Å². The van der Waals surface area contributed by atoms with Crippen LogP contribution in [0, 0.1) is 0 Å². The van der Waals surface area contributed by atoms with E-state index in [1.54, 1.807) is 18.0 Å². The van der Waals surface area contributed by atoms with E-state index in [0.29, 0.717) is 23.7 Å². The number of nitrogens with zero attached hydrogens (tertiary/aromatic N) is 1. The smallest absolute Gasteiger partial charge is 0.263 e. The second kappa shape index (κ2) is 6.24. The Morgan fingerprint density at radius 1 is 1.43 bits per heavy atom. The molecular weight excluding hydrogens is 288 g/mol. The van der Waals surface area contributed by atoms with Gasteiger partial charge < -0.3 is 15.0 Å². The van der Waals surface area contributed by atoms with Gasteiger partial charge in [-0.1, -0.05) is 23.7 Å². The molecular formula is C16H23ClN2O2. The minimum atomic E-state index is -0.428. The molecule has 4 nitrogen and oxygen atoms in total. The molecule has 1 aromatic carbocycles. The van der Waals surface area contributed by atoms with Crippen LogP contribution in [0.3, 0.4) is 0 Å². The molecule has 0 saturated carbocycles. The molecule has 1 fully saturated rings. The third-order valence-corrected chi connectivity index (χ3v) is 3.79. The Labute approximate surface area is 131 Å². The number of hydrogen-bond donors (Lipinski definition) is 1. The maximum absolute atomic E-state index is 12.0. The zero-order chi connectivity index (χ0) is 15.6. The quantitative estimate of drug-likeness (QED) is 0.930. The van der Waals surface area contributed by atoms with Crippen molar-refractivity contribution in [3.63, 3.8) is 0 Å². The van der Waals surface area contributed by atoms with Crippen LogP contribution in [0.5, 0.6) is 5.75 Å². The van der Waals surface area contributed by atoms with Crippen LogP contribution in [-0.2, 0) is 11.3 Å². The number of likely N-dealkylation sites (N-methyl/N-ethyl adjacent to an activating group) is 1. The molecule has 1 aromatic rings. The Morgan fingerprint density at radius 2 is 2.14 bits per heavy atom. The van der Waals surface area contributed by atoms with Gasteiger partial charge in [0.15, 0.2) is 6.10 Å². The lowest BCUT2D eigenvalue weighted by molar-refractivity contribution is -0.132. The van der Waals surface area contributed by atoms with Crippen LogP contribution in [-0.4, -0.2) is 36.0 Å². The number of rotatable bonds is 4. The molecule has 0 aromatic heterocycles. The van der Waals surface area contributed by atoms with Crippen molar-refractivity contribution >= 4 is 17.5 Å². The Morgan fingerprint density at radius 3 is 2.71 bits per heavy atom. The first-order valence-electron chi connectivity index (χ1n) is 7.22. The molecule has 1 heterocycles. The molecule has 1 unspecified atom stereocenters. The molecule has 1 aliphatic rings. The van der Waals surface area contributed by atoms with Gasteiger partial charge in [0.25, 0.3) is 5.91 Å². The van der Waals surface area contributed by atoms with Crippen molar-refractivity contribution in [1.29, 1.82) is 0 Å². The fraction of sp³-hybridized carbons (Fsp3) is 0.562. The van der Waals surface area contributed by atoms with Crippen molar-refractivity contribution in [3.05, 3.63) is 28.8 Å². The first-order valence-corrected chi connectivity index (χ1v) is 7.60. The number of amides is 1. The van der Waals surface area contributed by atoms with Crippen molar-refractivity contribution in [1.82, 2.24) is 10.2 Å². The SMILES string of the molecule is CN1CCC(Oc2c(Cl)cccc2CNC(C)(C)C)C1=O. The Kier molecular flexibility index (Phi) is 4.79. The normalized spacial score (nSPS) is 19.2. The summed E-state index contributed by atoms with van der Waals surface area (Å²) in [6, 6.07) is 5.67. The van der Waals surface area contributed by atoms with Crippen molar-refractivity contribution < 1.29 is 9.53 Å². The number of nitrogens with one attached hydrogen (secondary N) is 1. The van der Waals surface area contributed by atoms with Crippen LogP contribution in [0.2, 0.25) is 5.02 Å². The highest BCUT2D eigenvalue weighted by molar-refractivity contribution is 6.32. The highest BCUT2D eigenvalue weighted by Gasteiger charge is 2.31. The van der Waals surface area contributed by atoms with Gasteiger partial charge in [0.05, 0.1) is 5.02 Å². The van der Waals surface area contributed by atoms with Crippen molar-refractivity contribution in [3.8, 4) is 5.75 Å². The summed E-state index contributed by atoms with van der Waals surface area (Å²) in [6.45, 7) is 7.69. The van der Waals surface area contributed by atoms with Crippen molar-refractivity contribution in [2.45, 2.75) is 45.4 Å². The van der Waals surface area contributed by atoms with Crippen molar-refractivity contribution in [2.24, 2.45) is 0 Å². The second-order valence-electron chi connectivity index (χ2n) is 6.49. The van der Waals surface area contributed by atoms with Gasteiger partial charge in [-0.05, 0) is 26.8 Å². The predicted octanol–water partition coefficient (Wildman–Crippen LogP) is 2.84. The van der Waals surface area contributed by atoms with Gasteiger partial charge in [0, 0.05) is 37.7 Å². The molecule has 2 rings (SSSR count). The number of likely N-dealkylation sites (tertiary alicyclic amines) is 1. The summed E-state index contributed by atoms with van der Waals surface area (Å²) in [6.07, 6.45) is 0.274. The van der Waals surface area contributed by atoms with Gasteiger partial charge in [0.1, 0.15) is 5.75 Å². The number of carbonyl (C=O) groups excluding carboxylic acids is 1. The topological polar surface area (TPSA) is 41.6 Å². The van der Waals surface area contributed by atoms with E-state index in [4.69, 9.17) is 16.3 Å². The summed E-state index contributed by atoms with van der Waals surface area (Å²) in [7, 11) is 1.79. The molecule has 1 N–H and O–H groups in total. The number of hydrogen-bond acceptors (Lipinski definition) is 3. The van der Waals surface area contributed by atoms with Gasteiger partial charge in [-0.3, -0.25) is 4.79 Å². The van der Waals surface area contributed by atoms with Crippen LogP contribution in [0.25, 0.3) is 0 Å². The highest BCUT2D eigenvalue weighted by Crippen LogP contribution is 2.31. The average Bonchev–Trinajstić information content (AvgIpc) is 2.70. The molecule has 116 valence electrons. The van der Waals surface area contributed by atoms with Crippen molar-refractivity contribution in [2.75, 3.05) is 13.6 Å². The van der Waals surface area contributed by atoms with Gasteiger partial charge >= 0.3 is 0 Å². The molecule has 0 aliphatic carbocycles. The third-order valence-electron chi connectivity index (χ3n) is 3.50. The van der Waals surface area contributed by atoms with E-state index >= 15 is 0 Å². The summed E-state index contributed by atoms with van der Waals surface area (Å²) >= 11 is 6.26. The molecule has 1 aliphatic heterocycles. The molecule has 1 atom stereocenters. The molecule has 5 heteroatoms. The van der Waals surface area contributed by atoms with Gasteiger partial charge in [-0.25, -0.2) is 0 Å². The van der Waals surface area contributed by atoms with E-state index in [2.05, 4.69) is 26.1 Å². The summed E-state index contributed by atoms with van der Waals surface area (Å²) in [5.74, 6) is 0.634. The van der Waals surface area contributed by atoms with Gasteiger partial charge in [0.2, 0.25) is 0 Å². The summed E-state index contributed by atoms with van der Waals surface area (Å²) < 4.78 is 5.92. The minimum Gasteiger partial charge on any atom is -0.479 e. The van der Waals surface area contributed by atoms with Crippen LogP contribution in [0.15, 0.2) is 18.2 Å². The average molecular weight is 311 g/mol. The molecule has 0 spiro atoms. The summed E-state index contributed by atoms with van der Waals surface area (Å²) in [5, 5.41) is 3.96. The zero-order valence-corrected chi connectivity index (χ0v) is 13.8. The molecule has 0 bridgehead atoms. The van der Waals surface area contributed by atoms with Gasteiger partial charge in [-0.15, -0.1) is 0 Å². The van der Waals surface area contributed by atoms with Gasteiger partial charge in [-0.2, -0.15) is 0 Å². The van der Waals surface area contributed by atoms with E-state index in [9.17, 15) is 4.79 Å². The molecule has 1 amide bonds. The van der Waals surface area contributed by atoms with Crippen LogP contribution in [0.1, 0.15) is 32.8 Å². The second-order valence-corrected chi connectivity index (χ2v) is 6.89. The third kappa shape index (κ3) is 4.11. The zero-order valence-electron chi connectivity index (χ0n) is 13.1. The maximum atomic E-state index is 12.0. The largest absolute Gasteiger partial charge is 0.479 e. The van der Waals surface area contributed by atoms with E-state index < -0.39 is 6.10 Å². The van der Waals surface area contributed by atoms with E-state index in [0.717, 1.165) is 12.1 Å². The number of benzene rings is 1. The fourth-order valence-electron chi connectivity index (χ4n) is 2.23. The monoisotopic (exact) mass is 310 g/mol. The number of halogens is 1. The number of carbonyl (C=O) groups is 1. The van der Waals surface area contributed by atoms with Crippen LogP contribution >= 0.6 is 11.6 Å². The molecule has 0 radical (unpaired) electrons. The lowest BCUT2D eigenvalue weighted by Gasteiger charge is -2.23. The van der Waals surface area contributed by atoms with Crippen LogP contribution in [0.4, 0.5) is 0 Å². The number of ether oxygens (including phenoxy) is 1. The fourth-order valence-corrected chi connectivity index (χ4v) is 2.47. The maximum Gasteiger partial charge on any atom is 0.263 e. The molecule has 1 saturated heterocycles. The Bertz CT molecular complexity index is 525.